The van der Waals surface area contributed by atoms with Crippen LogP contribution >= 0.6 is 0 Å². The normalized spacial score (nSPS) is 18.7. The van der Waals surface area contributed by atoms with Gasteiger partial charge < -0.3 is 29.0 Å². The van der Waals surface area contributed by atoms with Crippen molar-refractivity contribution in [3.63, 3.8) is 0 Å². The van der Waals surface area contributed by atoms with Crippen LogP contribution < -0.4 is 24.4 Å². The Morgan fingerprint density at radius 3 is 2.50 bits per heavy atom. The van der Waals surface area contributed by atoms with Crippen LogP contribution in [0.25, 0.3) is 0 Å². The summed E-state index contributed by atoms with van der Waals surface area (Å²) in [6, 6.07) is 8.32. The Kier molecular flexibility index (Phi) is 6.46. The summed E-state index contributed by atoms with van der Waals surface area (Å²) in [5, 5.41) is 3.03. The molecule has 1 fully saturated rings. The summed E-state index contributed by atoms with van der Waals surface area (Å²) in [7, 11) is 6.81. The van der Waals surface area contributed by atoms with Crippen LogP contribution in [0.1, 0.15) is 30.1 Å². The molecule has 0 saturated carbocycles. The van der Waals surface area contributed by atoms with Crippen molar-refractivity contribution >= 4 is 5.91 Å². The molecule has 2 atom stereocenters. The Bertz CT molecular complexity index is 793. The average molecular weight is 388 g/mol. The molecule has 7 nitrogen and oxygen atoms in total. The van der Waals surface area contributed by atoms with E-state index in [4.69, 9.17) is 14.2 Å². The van der Waals surface area contributed by atoms with Crippen molar-refractivity contribution in [3.05, 3.63) is 41.7 Å². The molecule has 2 aromatic rings. The van der Waals surface area contributed by atoms with Gasteiger partial charge in [-0.2, -0.15) is 0 Å². The highest BCUT2D eigenvalue weighted by Gasteiger charge is 2.32. The molecule has 152 valence electrons. The first-order valence-electron chi connectivity index (χ1n) is 9.58. The zero-order valence-corrected chi connectivity index (χ0v) is 17.1. The van der Waals surface area contributed by atoms with Crippen molar-refractivity contribution in [3.8, 4) is 17.2 Å². The Hall–Kier alpha value is -2.67. The molecular weight excluding hydrogens is 358 g/mol. The predicted molar refractivity (Wildman–Crippen MR) is 106 cm³/mol. The molecule has 1 aromatic heterocycles. The molecule has 0 radical (unpaired) electrons. The number of aromatic nitrogens is 1. The van der Waals surface area contributed by atoms with Crippen molar-refractivity contribution in [1.82, 2.24) is 9.88 Å². The highest BCUT2D eigenvalue weighted by Crippen LogP contribution is 2.38. The van der Waals surface area contributed by atoms with Gasteiger partial charge in [0.15, 0.2) is 18.0 Å². The standard InChI is InChI=1S/C21H29N3O4/c1-23-9-5-7-16(23)17-8-6-10-24(17)14-20(25)22-13-15-11-18(26-2)21(28-4)19(12-15)27-3/h5,7,9,11-12,17H,6,8,10,13-14H2,1-4H3,(H,22,25)/p+1/t17-/m1/s1. The highest BCUT2D eigenvalue weighted by atomic mass is 16.5. The second-order valence-corrected chi connectivity index (χ2v) is 7.13. The highest BCUT2D eigenvalue weighted by molar-refractivity contribution is 5.76. The maximum atomic E-state index is 12.6. The Balaban J connectivity index is 1.62. The Morgan fingerprint density at radius 1 is 1.21 bits per heavy atom. The molecule has 0 spiro atoms. The number of benzene rings is 1. The van der Waals surface area contributed by atoms with Crippen LogP contribution in [0.5, 0.6) is 17.2 Å². The molecule has 0 bridgehead atoms. The van der Waals surface area contributed by atoms with Crippen molar-refractivity contribution in [2.45, 2.75) is 25.4 Å². The maximum Gasteiger partial charge on any atom is 0.275 e. The van der Waals surface area contributed by atoms with Crippen LogP contribution in [-0.4, -0.2) is 44.9 Å². The molecule has 1 saturated heterocycles. The first-order chi connectivity index (χ1) is 13.6. The molecular formula is C21H30N3O4+. The largest absolute Gasteiger partial charge is 0.493 e. The lowest BCUT2D eigenvalue weighted by molar-refractivity contribution is -0.911. The minimum atomic E-state index is 0.0462. The molecule has 1 aromatic carbocycles. The van der Waals surface area contributed by atoms with Gasteiger partial charge in [0.1, 0.15) is 6.04 Å². The summed E-state index contributed by atoms with van der Waals surface area (Å²) in [6.07, 6.45) is 4.33. The molecule has 7 heteroatoms. The number of hydrogen-bond acceptors (Lipinski definition) is 4. The number of methoxy groups -OCH3 is 3. The van der Waals surface area contributed by atoms with E-state index in [9.17, 15) is 4.79 Å². The summed E-state index contributed by atoms with van der Waals surface area (Å²) >= 11 is 0. The summed E-state index contributed by atoms with van der Waals surface area (Å²) < 4.78 is 18.3. The number of nitrogens with zero attached hydrogens (tertiary/aromatic N) is 1. The topological polar surface area (TPSA) is 66.2 Å². The van der Waals surface area contributed by atoms with E-state index < -0.39 is 0 Å². The lowest BCUT2D eigenvalue weighted by atomic mass is 10.1. The first kappa shape index (κ1) is 20.1. The molecule has 1 amide bonds. The maximum absolute atomic E-state index is 12.6. The third-order valence-electron chi connectivity index (χ3n) is 5.43. The van der Waals surface area contributed by atoms with Gasteiger partial charge in [-0.15, -0.1) is 0 Å². The number of ether oxygens (including phenoxy) is 3. The summed E-state index contributed by atoms with van der Waals surface area (Å²) in [4.78, 5) is 13.9. The minimum Gasteiger partial charge on any atom is -0.493 e. The number of quaternary nitrogens is 1. The van der Waals surface area contributed by atoms with E-state index in [0.29, 0.717) is 36.4 Å². The van der Waals surface area contributed by atoms with Gasteiger partial charge in [-0.1, -0.05) is 0 Å². The third-order valence-corrected chi connectivity index (χ3v) is 5.43. The van der Waals surface area contributed by atoms with Gasteiger partial charge >= 0.3 is 0 Å². The number of carbonyl (C=O) groups is 1. The lowest BCUT2D eigenvalue weighted by Gasteiger charge is -2.21. The van der Waals surface area contributed by atoms with Crippen LogP contribution in [0.4, 0.5) is 0 Å². The van der Waals surface area contributed by atoms with E-state index in [1.54, 1.807) is 21.3 Å². The van der Waals surface area contributed by atoms with Crippen LogP contribution in [0.3, 0.4) is 0 Å². The van der Waals surface area contributed by atoms with Gasteiger partial charge in [-0.25, -0.2) is 0 Å². The predicted octanol–water partition coefficient (Wildman–Crippen LogP) is 1.09. The van der Waals surface area contributed by atoms with Crippen LogP contribution in [-0.2, 0) is 18.4 Å². The number of hydrogen-bond donors (Lipinski definition) is 2. The number of nitrogens with one attached hydrogen (secondary N) is 2. The summed E-state index contributed by atoms with van der Waals surface area (Å²) in [5.41, 5.74) is 2.20. The van der Waals surface area contributed by atoms with Gasteiger partial charge in [0.25, 0.3) is 5.91 Å². The van der Waals surface area contributed by atoms with E-state index in [1.165, 1.54) is 10.6 Å². The fourth-order valence-corrected chi connectivity index (χ4v) is 4.02. The van der Waals surface area contributed by atoms with Crippen molar-refractivity contribution in [1.29, 1.82) is 0 Å². The molecule has 3 rings (SSSR count). The molecule has 0 aliphatic carbocycles. The van der Waals surface area contributed by atoms with E-state index >= 15 is 0 Å². The molecule has 2 heterocycles. The van der Waals surface area contributed by atoms with Crippen LogP contribution in [0.2, 0.25) is 0 Å². The van der Waals surface area contributed by atoms with E-state index in [2.05, 4.69) is 35.3 Å². The Labute approximate surface area is 166 Å². The molecule has 1 aliphatic heterocycles. The zero-order chi connectivity index (χ0) is 20.1. The second-order valence-electron chi connectivity index (χ2n) is 7.13. The lowest BCUT2D eigenvalue weighted by Crippen LogP contribution is -3.11. The smallest absolute Gasteiger partial charge is 0.275 e. The van der Waals surface area contributed by atoms with Gasteiger partial charge in [0.05, 0.1) is 33.6 Å². The van der Waals surface area contributed by atoms with Crippen molar-refractivity contribution in [2.24, 2.45) is 7.05 Å². The first-order valence-corrected chi connectivity index (χ1v) is 9.58. The van der Waals surface area contributed by atoms with Gasteiger partial charge in [0, 0.05) is 32.6 Å². The molecule has 1 unspecified atom stereocenters. The van der Waals surface area contributed by atoms with Crippen molar-refractivity contribution < 1.29 is 23.9 Å². The van der Waals surface area contributed by atoms with Crippen LogP contribution in [0.15, 0.2) is 30.5 Å². The van der Waals surface area contributed by atoms with Crippen molar-refractivity contribution in [2.75, 3.05) is 34.4 Å². The second kappa shape index (κ2) is 9.01. The fraction of sp³-hybridized carbons (Fsp3) is 0.476. The van der Waals surface area contributed by atoms with E-state index in [0.717, 1.165) is 24.9 Å². The number of likely N-dealkylation sites (tertiary alicyclic amines) is 1. The number of amides is 1. The van der Waals surface area contributed by atoms with E-state index in [1.807, 2.05) is 12.1 Å². The number of aryl methyl sites for hydroxylation is 1. The SMILES string of the molecule is COc1cc(CNC(=O)C[NH+]2CCC[C@@H]2c2cccn2C)cc(OC)c1OC. The average Bonchev–Trinajstić information content (AvgIpc) is 3.33. The zero-order valence-electron chi connectivity index (χ0n) is 17.1. The number of rotatable bonds is 8. The fourth-order valence-electron chi connectivity index (χ4n) is 4.02. The van der Waals surface area contributed by atoms with Gasteiger partial charge in [0.2, 0.25) is 5.75 Å². The third kappa shape index (κ3) is 4.25. The summed E-state index contributed by atoms with van der Waals surface area (Å²) in [5.74, 6) is 1.76. The van der Waals surface area contributed by atoms with Gasteiger partial charge in [-0.3, -0.25) is 4.79 Å². The van der Waals surface area contributed by atoms with E-state index in [-0.39, 0.29) is 5.91 Å². The van der Waals surface area contributed by atoms with Crippen LogP contribution in [0, 0.1) is 0 Å². The number of carbonyl (C=O) groups excluding carboxylic acids is 1. The summed E-state index contributed by atoms with van der Waals surface area (Å²) in [6.45, 7) is 1.91. The molecule has 28 heavy (non-hydrogen) atoms. The minimum absolute atomic E-state index is 0.0462. The molecule has 1 aliphatic rings. The van der Waals surface area contributed by atoms with Gasteiger partial charge in [-0.05, 0) is 29.8 Å². The Morgan fingerprint density at radius 2 is 1.93 bits per heavy atom. The monoisotopic (exact) mass is 388 g/mol. The molecule has 2 N–H and O–H groups in total. The quantitative estimate of drug-likeness (QED) is 0.711.